The van der Waals surface area contributed by atoms with E-state index in [1.165, 1.54) is 11.6 Å². The van der Waals surface area contributed by atoms with Crippen molar-refractivity contribution in [1.82, 2.24) is 15.5 Å². The van der Waals surface area contributed by atoms with Crippen molar-refractivity contribution in [3.8, 4) is 33.8 Å². The predicted octanol–water partition coefficient (Wildman–Crippen LogP) is 8.50. The van der Waals surface area contributed by atoms with E-state index in [0.717, 1.165) is 75.8 Å². The lowest BCUT2D eigenvalue weighted by molar-refractivity contribution is 0.0950. The van der Waals surface area contributed by atoms with Crippen molar-refractivity contribution in [3.05, 3.63) is 138 Å². The average Bonchev–Trinajstić information content (AvgIpc) is 3.49. The summed E-state index contributed by atoms with van der Waals surface area (Å²) in [6.45, 7) is 3.23. The normalized spacial score (nSPS) is 11.0. The van der Waals surface area contributed by atoms with E-state index in [-0.39, 0.29) is 11.7 Å². The highest BCUT2D eigenvalue weighted by Crippen LogP contribution is 2.37. The van der Waals surface area contributed by atoms with Gasteiger partial charge < -0.3 is 15.2 Å². The lowest BCUT2D eigenvalue weighted by Gasteiger charge is -2.13. The molecule has 1 heterocycles. The van der Waals surface area contributed by atoms with Crippen LogP contribution in [0.5, 0.6) is 11.5 Å². The molecule has 0 aliphatic carbocycles. The van der Waals surface area contributed by atoms with Gasteiger partial charge in [-0.05, 0) is 95.5 Å². The summed E-state index contributed by atoms with van der Waals surface area (Å²) >= 11 is 0. The topological polar surface area (TPSA) is 87.2 Å². The van der Waals surface area contributed by atoms with Crippen LogP contribution in [-0.2, 0) is 19.4 Å². The van der Waals surface area contributed by atoms with Crippen LogP contribution in [0, 0.1) is 0 Å². The van der Waals surface area contributed by atoms with Crippen molar-refractivity contribution in [2.24, 2.45) is 0 Å². The Labute approximate surface area is 263 Å². The van der Waals surface area contributed by atoms with Crippen LogP contribution in [0.3, 0.4) is 0 Å². The molecule has 6 heteroatoms. The minimum Gasteiger partial charge on any atom is -0.507 e. The number of rotatable bonds is 12. The molecule has 1 aromatic heterocycles. The van der Waals surface area contributed by atoms with E-state index in [0.29, 0.717) is 18.7 Å². The van der Waals surface area contributed by atoms with E-state index in [2.05, 4.69) is 83.1 Å². The molecule has 0 saturated heterocycles. The Morgan fingerprint density at radius 1 is 0.800 bits per heavy atom. The SMILES string of the molecule is CCc1ccc(-c2cc3c(CCCCNC(=O)c4ccccc4O)n[nH]c3cc2-c2ccc(OCc3ccccc3)cc2)cc1. The Morgan fingerprint density at radius 2 is 1.49 bits per heavy atom. The van der Waals surface area contributed by atoms with E-state index in [4.69, 9.17) is 4.74 Å². The van der Waals surface area contributed by atoms with Gasteiger partial charge in [-0.25, -0.2) is 0 Å². The van der Waals surface area contributed by atoms with Gasteiger partial charge in [-0.3, -0.25) is 9.89 Å². The molecule has 0 aliphatic rings. The molecular weight excluding hydrogens is 558 g/mol. The Morgan fingerprint density at radius 3 is 2.22 bits per heavy atom. The number of aromatic nitrogens is 2. The number of para-hydroxylation sites is 1. The Hall–Kier alpha value is -5.36. The Kier molecular flexibility index (Phi) is 9.21. The number of nitrogens with zero attached hydrogens (tertiary/aromatic N) is 1. The number of benzene rings is 5. The molecule has 6 nitrogen and oxygen atoms in total. The number of nitrogens with one attached hydrogen (secondary N) is 2. The number of fused-ring (bicyclic) bond motifs is 1. The highest BCUT2D eigenvalue weighted by Gasteiger charge is 2.15. The molecule has 0 unspecified atom stereocenters. The van der Waals surface area contributed by atoms with Crippen molar-refractivity contribution in [3.63, 3.8) is 0 Å². The van der Waals surface area contributed by atoms with E-state index >= 15 is 0 Å². The fraction of sp³-hybridized carbons (Fsp3) is 0.179. The number of phenolic OH excluding ortho intramolecular Hbond substituents is 1. The number of amides is 1. The minimum absolute atomic E-state index is 0.00941. The highest BCUT2D eigenvalue weighted by atomic mass is 16.5. The molecule has 0 fully saturated rings. The molecule has 6 rings (SSSR count). The first-order valence-electron chi connectivity index (χ1n) is 15.5. The van der Waals surface area contributed by atoms with E-state index in [1.807, 2.05) is 30.3 Å². The summed E-state index contributed by atoms with van der Waals surface area (Å²) in [5.41, 5.74) is 9.29. The second kappa shape index (κ2) is 14.0. The van der Waals surface area contributed by atoms with Gasteiger partial charge >= 0.3 is 0 Å². The number of hydrogen-bond donors (Lipinski definition) is 3. The summed E-state index contributed by atoms with van der Waals surface area (Å²) < 4.78 is 6.04. The van der Waals surface area contributed by atoms with Gasteiger partial charge in [-0.15, -0.1) is 0 Å². The van der Waals surface area contributed by atoms with E-state index in [1.54, 1.807) is 18.2 Å². The smallest absolute Gasteiger partial charge is 0.255 e. The number of unbranched alkanes of at least 4 members (excludes halogenated alkanes) is 1. The van der Waals surface area contributed by atoms with Crippen molar-refractivity contribution >= 4 is 16.8 Å². The summed E-state index contributed by atoms with van der Waals surface area (Å²) in [5.74, 6) is 0.559. The summed E-state index contributed by atoms with van der Waals surface area (Å²) in [6.07, 6.45) is 3.45. The zero-order valence-corrected chi connectivity index (χ0v) is 25.4. The monoisotopic (exact) mass is 595 g/mol. The first-order valence-corrected chi connectivity index (χ1v) is 15.5. The van der Waals surface area contributed by atoms with Gasteiger partial charge in [-0.2, -0.15) is 5.10 Å². The van der Waals surface area contributed by atoms with Gasteiger partial charge in [0.15, 0.2) is 0 Å². The van der Waals surface area contributed by atoms with Crippen molar-refractivity contribution < 1.29 is 14.6 Å². The van der Waals surface area contributed by atoms with Crippen molar-refractivity contribution in [1.29, 1.82) is 0 Å². The third-order valence-electron chi connectivity index (χ3n) is 8.14. The summed E-state index contributed by atoms with van der Waals surface area (Å²) in [5, 5.41) is 21.9. The van der Waals surface area contributed by atoms with Crippen LogP contribution in [0.1, 0.15) is 46.9 Å². The lowest BCUT2D eigenvalue weighted by atomic mass is 9.91. The zero-order valence-electron chi connectivity index (χ0n) is 25.4. The number of phenols is 1. The molecule has 45 heavy (non-hydrogen) atoms. The maximum Gasteiger partial charge on any atom is 0.255 e. The molecule has 6 aromatic rings. The molecule has 3 N–H and O–H groups in total. The number of hydrogen-bond acceptors (Lipinski definition) is 4. The average molecular weight is 596 g/mol. The number of aryl methyl sites for hydroxylation is 2. The first-order chi connectivity index (χ1) is 22.1. The third-order valence-corrected chi connectivity index (χ3v) is 8.14. The molecule has 5 aromatic carbocycles. The molecular formula is C39H37N3O3. The number of carbonyl (C=O) groups is 1. The van der Waals surface area contributed by atoms with Crippen LogP contribution in [-0.4, -0.2) is 27.8 Å². The molecule has 1 amide bonds. The van der Waals surface area contributed by atoms with Gasteiger partial charge in [0.1, 0.15) is 18.1 Å². The number of ether oxygens (including phenoxy) is 1. The number of aromatic hydroxyl groups is 1. The van der Waals surface area contributed by atoms with Crippen LogP contribution < -0.4 is 10.1 Å². The third kappa shape index (κ3) is 7.07. The second-order valence-electron chi connectivity index (χ2n) is 11.2. The van der Waals surface area contributed by atoms with Crippen molar-refractivity contribution in [2.75, 3.05) is 6.54 Å². The molecule has 0 radical (unpaired) electrons. The Bertz CT molecular complexity index is 1880. The van der Waals surface area contributed by atoms with Crippen LogP contribution in [0.25, 0.3) is 33.2 Å². The molecule has 0 atom stereocenters. The van der Waals surface area contributed by atoms with Crippen molar-refractivity contribution in [2.45, 2.75) is 39.2 Å². The molecule has 0 bridgehead atoms. The molecule has 0 saturated carbocycles. The maximum atomic E-state index is 12.4. The van der Waals surface area contributed by atoms with E-state index in [9.17, 15) is 9.90 Å². The van der Waals surface area contributed by atoms with Crippen LogP contribution in [0.4, 0.5) is 0 Å². The summed E-state index contributed by atoms with van der Waals surface area (Å²) in [6, 6.07) is 38.3. The van der Waals surface area contributed by atoms with Gasteiger partial charge in [0, 0.05) is 11.9 Å². The lowest BCUT2D eigenvalue weighted by Crippen LogP contribution is -2.24. The first kappa shape index (κ1) is 29.7. The number of carbonyl (C=O) groups excluding carboxylic acids is 1. The van der Waals surface area contributed by atoms with Crippen LogP contribution in [0.2, 0.25) is 0 Å². The fourth-order valence-electron chi connectivity index (χ4n) is 5.56. The zero-order chi connectivity index (χ0) is 31.0. The largest absolute Gasteiger partial charge is 0.507 e. The summed E-state index contributed by atoms with van der Waals surface area (Å²) in [4.78, 5) is 12.4. The highest BCUT2D eigenvalue weighted by molar-refractivity contribution is 5.97. The van der Waals surface area contributed by atoms with Gasteiger partial charge in [0.2, 0.25) is 0 Å². The fourth-order valence-corrected chi connectivity index (χ4v) is 5.56. The molecule has 226 valence electrons. The quantitative estimate of drug-likeness (QED) is 0.124. The summed E-state index contributed by atoms with van der Waals surface area (Å²) in [7, 11) is 0. The predicted molar refractivity (Wildman–Crippen MR) is 180 cm³/mol. The van der Waals surface area contributed by atoms with Gasteiger partial charge in [0.05, 0.1) is 16.8 Å². The standard InChI is InChI=1S/C39H37N3O3/c1-2-27-15-17-29(18-16-27)33-24-35-36(13-8-9-23-40-39(44)32-12-6-7-14-38(32)43)41-42-37(35)25-34(33)30-19-21-31(22-20-30)45-26-28-10-4-3-5-11-28/h3-7,10-12,14-22,24-25,43H,2,8-9,13,23,26H2,1H3,(H,40,44)(H,41,42). The van der Waals surface area contributed by atoms with E-state index < -0.39 is 0 Å². The van der Waals surface area contributed by atoms with Gasteiger partial charge in [0.25, 0.3) is 5.91 Å². The maximum absolute atomic E-state index is 12.4. The second-order valence-corrected chi connectivity index (χ2v) is 11.2. The Balaban J connectivity index is 1.19. The number of H-pyrrole nitrogens is 1. The van der Waals surface area contributed by atoms with Crippen LogP contribution in [0.15, 0.2) is 115 Å². The minimum atomic E-state index is -0.264. The number of aromatic amines is 1. The van der Waals surface area contributed by atoms with Crippen LogP contribution >= 0.6 is 0 Å². The molecule has 0 spiro atoms. The molecule has 0 aliphatic heterocycles. The van der Waals surface area contributed by atoms with Gasteiger partial charge in [-0.1, -0.05) is 85.8 Å².